The van der Waals surface area contributed by atoms with Crippen LogP contribution in [0.5, 0.6) is 0 Å². The standard InChI is InChI=1S/C28H37NO5/c1-25-15-24(19-6-4-18(5-7-19)16-29-31)28-23(22(25)11-12-26(25,33-3)17-32-2)9-8-20-14-21(30)10-13-27(20,28)34-28/h4-7,14,16,21-24,30-31H,8-13,15,17H2,1-3H3/b29-16+/t21-,22-,23-,24+,25-,26+,27-,28-/m0/s1. The molecular formula is C28H37NO5. The van der Waals surface area contributed by atoms with E-state index in [1.807, 2.05) is 19.2 Å². The van der Waals surface area contributed by atoms with E-state index in [0.29, 0.717) is 18.4 Å². The van der Waals surface area contributed by atoms with Crippen LogP contribution in [0.3, 0.4) is 0 Å². The number of benzene rings is 1. The van der Waals surface area contributed by atoms with E-state index in [9.17, 15) is 5.11 Å². The maximum absolute atomic E-state index is 10.4. The van der Waals surface area contributed by atoms with Crippen molar-refractivity contribution in [3.05, 3.63) is 47.0 Å². The fraction of sp³-hybridized carbons (Fsp3) is 0.679. The summed E-state index contributed by atoms with van der Waals surface area (Å²) in [5.41, 5.74) is 2.72. The molecule has 1 aliphatic heterocycles. The van der Waals surface area contributed by atoms with Crippen molar-refractivity contribution in [3.8, 4) is 0 Å². The average Bonchev–Trinajstić information content (AvgIpc) is 3.43. The van der Waals surface area contributed by atoms with Crippen molar-refractivity contribution >= 4 is 6.21 Å². The number of aliphatic hydroxyl groups excluding tert-OH is 1. The fourth-order valence-electron chi connectivity index (χ4n) is 9.08. The summed E-state index contributed by atoms with van der Waals surface area (Å²) in [4.78, 5) is 0. The molecule has 6 heteroatoms. The van der Waals surface area contributed by atoms with Crippen molar-refractivity contribution in [2.75, 3.05) is 20.8 Å². The number of oxime groups is 1. The van der Waals surface area contributed by atoms with E-state index in [1.165, 1.54) is 17.4 Å². The van der Waals surface area contributed by atoms with Crippen LogP contribution < -0.4 is 0 Å². The van der Waals surface area contributed by atoms with Gasteiger partial charge in [0.15, 0.2) is 0 Å². The third-order valence-electron chi connectivity index (χ3n) is 10.6. The Labute approximate surface area is 202 Å². The minimum Gasteiger partial charge on any atom is -0.411 e. The van der Waals surface area contributed by atoms with Crippen molar-refractivity contribution in [2.24, 2.45) is 22.4 Å². The van der Waals surface area contributed by atoms with Crippen LogP contribution in [-0.4, -0.2) is 60.3 Å². The summed E-state index contributed by atoms with van der Waals surface area (Å²) in [5.74, 6) is 1.20. The molecule has 0 bridgehead atoms. The average molecular weight is 468 g/mol. The fourth-order valence-corrected chi connectivity index (χ4v) is 9.08. The molecular weight excluding hydrogens is 430 g/mol. The predicted molar refractivity (Wildman–Crippen MR) is 128 cm³/mol. The maximum Gasteiger partial charge on any atom is 0.120 e. The Morgan fingerprint density at radius 3 is 2.62 bits per heavy atom. The third-order valence-corrected chi connectivity index (χ3v) is 10.6. The first-order valence-corrected chi connectivity index (χ1v) is 12.8. The second-order valence-electron chi connectivity index (χ2n) is 11.5. The van der Waals surface area contributed by atoms with Gasteiger partial charge in [-0.15, -0.1) is 0 Å². The summed E-state index contributed by atoms with van der Waals surface area (Å²) in [6.45, 7) is 3.04. The quantitative estimate of drug-likeness (QED) is 0.220. The summed E-state index contributed by atoms with van der Waals surface area (Å²) < 4.78 is 19.1. The van der Waals surface area contributed by atoms with Gasteiger partial charge in [-0.1, -0.05) is 42.4 Å². The first-order valence-electron chi connectivity index (χ1n) is 12.8. The van der Waals surface area contributed by atoms with Gasteiger partial charge in [-0.2, -0.15) is 0 Å². The smallest absolute Gasteiger partial charge is 0.120 e. The summed E-state index contributed by atoms with van der Waals surface area (Å²) in [6.07, 6.45) is 10.1. The van der Waals surface area contributed by atoms with E-state index >= 15 is 0 Å². The van der Waals surface area contributed by atoms with Crippen LogP contribution in [0.25, 0.3) is 0 Å². The highest BCUT2D eigenvalue weighted by atomic mass is 16.6. The molecule has 1 aromatic rings. The molecule has 4 aliphatic carbocycles. The first kappa shape index (κ1) is 22.7. The normalized spacial score (nSPS) is 46.9. The molecule has 8 atom stereocenters. The second-order valence-corrected chi connectivity index (χ2v) is 11.5. The number of hydrogen-bond acceptors (Lipinski definition) is 6. The van der Waals surface area contributed by atoms with Crippen LogP contribution >= 0.6 is 0 Å². The second kappa shape index (κ2) is 7.63. The summed E-state index contributed by atoms with van der Waals surface area (Å²) >= 11 is 0. The zero-order valence-electron chi connectivity index (χ0n) is 20.5. The molecule has 2 N–H and O–H groups in total. The molecule has 0 amide bonds. The van der Waals surface area contributed by atoms with Gasteiger partial charge >= 0.3 is 0 Å². The monoisotopic (exact) mass is 467 g/mol. The maximum atomic E-state index is 10.4. The number of rotatable bonds is 5. The van der Waals surface area contributed by atoms with Gasteiger partial charge in [-0.05, 0) is 73.5 Å². The highest BCUT2D eigenvalue weighted by molar-refractivity contribution is 5.79. The molecule has 34 heavy (non-hydrogen) atoms. The van der Waals surface area contributed by atoms with E-state index in [1.54, 1.807) is 7.11 Å². The zero-order valence-corrected chi connectivity index (χ0v) is 20.5. The number of fused-ring (bicyclic) bond motifs is 2. The van der Waals surface area contributed by atoms with Crippen LogP contribution in [0, 0.1) is 17.3 Å². The Bertz CT molecular complexity index is 1020. The highest BCUT2D eigenvalue weighted by Gasteiger charge is 2.84. The Morgan fingerprint density at radius 2 is 1.91 bits per heavy atom. The molecule has 1 saturated heterocycles. The number of hydrogen-bond donors (Lipinski definition) is 2. The number of nitrogens with zero attached hydrogens (tertiary/aromatic N) is 1. The number of epoxide rings is 1. The van der Waals surface area contributed by atoms with Gasteiger partial charge in [0, 0.05) is 25.6 Å². The molecule has 1 heterocycles. The lowest BCUT2D eigenvalue weighted by Crippen LogP contribution is -2.60. The SMILES string of the molecule is COC[C@]1(OC)CC[C@H]2[C@@H]3CCC4=C[C@@H](O)CC[C@]45O[C@]35[C@@H](c3ccc(/C=N/O)cc3)C[C@@]21C. The Hall–Kier alpha value is -1.73. The van der Waals surface area contributed by atoms with Crippen molar-refractivity contribution in [3.63, 3.8) is 0 Å². The Balaban J connectivity index is 1.48. The molecule has 0 aromatic heterocycles. The number of methoxy groups -OCH3 is 2. The largest absolute Gasteiger partial charge is 0.411 e. The van der Waals surface area contributed by atoms with Crippen LogP contribution in [0.15, 0.2) is 41.1 Å². The van der Waals surface area contributed by atoms with E-state index in [2.05, 4.69) is 30.3 Å². The highest BCUT2D eigenvalue weighted by Crippen LogP contribution is 2.79. The zero-order chi connectivity index (χ0) is 23.8. The van der Waals surface area contributed by atoms with Crippen molar-refractivity contribution in [2.45, 2.75) is 80.7 Å². The molecule has 6 rings (SSSR count). The molecule has 5 aliphatic rings. The van der Waals surface area contributed by atoms with Gasteiger partial charge in [0.05, 0.1) is 24.5 Å². The lowest BCUT2D eigenvalue weighted by molar-refractivity contribution is -0.165. The third kappa shape index (κ3) is 2.69. The molecule has 1 aromatic carbocycles. The van der Waals surface area contributed by atoms with Gasteiger partial charge in [-0.3, -0.25) is 0 Å². The van der Waals surface area contributed by atoms with Gasteiger partial charge in [0.1, 0.15) is 11.2 Å². The molecule has 4 fully saturated rings. The topological polar surface area (TPSA) is 83.8 Å². The Kier molecular flexibility index (Phi) is 5.10. The van der Waals surface area contributed by atoms with Gasteiger partial charge in [0.25, 0.3) is 0 Å². The molecule has 184 valence electrons. The van der Waals surface area contributed by atoms with E-state index in [-0.39, 0.29) is 34.2 Å². The Morgan fingerprint density at radius 1 is 1.12 bits per heavy atom. The van der Waals surface area contributed by atoms with Gasteiger partial charge < -0.3 is 24.5 Å². The summed E-state index contributed by atoms with van der Waals surface area (Å²) in [6, 6.07) is 8.42. The van der Waals surface area contributed by atoms with Gasteiger partial charge in [0.2, 0.25) is 0 Å². The minimum absolute atomic E-state index is 0.0217. The van der Waals surface area contributed by atoms with Gasteiger partial charge in [-0.25, -0.2) is 0 Å². The minimum atomic E-state index is -0.350. The lowest BCUT2D eigenvalue weighted by atomic mass is 9.46. The molecule has 0 unspecified atom stereocenters. The summed E-state index contributed by atoms with van der Waals surface area (Å²) in [7, 11) is 3.64. The number of ether oxygens (including phenoxy) is 3. The van der Waals surface area contributed by atoms with E-state index in [0.717, 1.165) is 50.5 Å². The first-order chi connectivity index (χ1) is 16.4. The molecule has 3 saturated carbocycles. The van der Waals surface area contributed by atoms with Crippen LogP contribution in [0.2, 0.25) is 0 Å². The van der Waals surface area contributed by atoms with Crippen molar-refractivity contribution in [1.29, 1.82) is 0 Å². The predicted octanol–water partition coefficient (Wildman–Crippen LogP) is 4.43. The summed E-state index contributed by atoms with van der Waals surface area (Å²) in [5, 5.41) is 22.5. The van der Waals surface area contributed by atoms with Crippen molar-refractivity contribution < 1.29 is 24.5 Å². The van der Waals surface area contributed by atoms with E-state index in [4.69, 9.17) is 19.4 Å². The molecule has 2 spiro atoms. The van der Waals surface area contributed by atoms with Crippen LogP contribution in [0.1, 0.15) is 68.9 Å². The van der Waals surface area contributed by atoms with Crippen molar-refractivity contribution in [1.82, 2.24) is 0 Å². The molecule has 0 radical (unpaired) electrons. The van der Waals surface area contributed by atoms with Crippen LogP contribution in [0.4, 0.5) is 0 Å². The molecule has 6 nitrogen and oxygen atoms in total. The lowest BCUT2D eigenvalue weighted by Gasteiger charge is -2.57. The van der Waals surface area contributed by atoms with Crippen LogP contribution in [-0.2, 0) is 14.2 Å². The van der Waals surface area contributed by atoms with E-state index < -0.39 is 0 Å². The number of aliphatic hydroxyl groups is 1.